The smallest absolute Gasteiger partial charge is 0.418 e. The lowest BCUT2D eigenvalue weighted by Crippen LogP contribution is -2.33. The SMILES string of the molecule is CCOC(=O)c1ccc(N2C(=O)C3Sc4c(sc(=O)n4CC(=O)Nc4ccccc4C(F)(F)F)C(c4ccc(N(C)C)cc4)C3C2=O)cc1. The van der Waals surface area contributed by atoms with Gasteiger partial charge in [0.1, 0.15) is 11.8 Å². The van der Waals surface area contributed by atoms with Crippen molar-refractivity contribution >= 4 is 63.9 Å². The third kappa shape index (κ3) is 6.35. The van der Waals surface area contributed by atoms with Crippen molar-refractivity contribution in [1.82, 2.24) is 4.57 Å². The van der Waals surface area contributed by atoms with Crippen LogP contribution in [0.2, 0.25) is 0 Å². The molecule has 0 saturated carbocycles. The molecule has 254 valence electrons. The van der Waals surface area contributed by atoms with Crippen molar-refractivity contribution in [2.75, 3.05) is 35.8 Å². The normalized spacial score (nSPS) is 18.6. The van der Waals surface area contributed by atoms with Crippen LogP contribution in [0.4, 0.5) is 30.2 Å². The zero-order chi connectivity index (χ0) is 35.2. The van der Waals surface area contributed by atoms with Gasteiger partial charge in [0.25, 0.3) is 0 Å². The van der Waals surface area contributed by atoms with Gasteiger partial charge in [0.05, 0.1) is 40.1 Å². The number of para-hydroxylation sites is 1. The number of aromatic nitrogens is 1. The molecule has 49 heavy (non-hydrogen) atoms. The first-order valence-electron chi connectivity index (χ1n) is 15.1. The summed E-state index contributed by atoms with van der Waals surface area (Å²) in [6, 6.07) is 17.8. The Hall–Kier alpha value is -4.89. The number of hydrogen-bond donors (Lipinski definition) is 1. The molecule has 3 amide bonds. The van der Waals surface area contributed by atoms with Crippen LogP contribution in [0.25, 0.3) is 0 Å². The van der Waals surface area contributed by atoms with Crippen molar-refractivity contribution < 1.29 is 37.1 Å². The minimum Gasteiger partial charge on any atom is -0.462 e. The van der Waals surface area contributed by atoms with Gasteiger partial charge in [-0.15, -0.1) is 0 Å². The number of hydrogen-bond acceptors (Lipinski definition) is 9. The lowest BCUT2D eigenvalue weighted by Gasteiger charge is -2.31. The van der Waals surface area contributed by atoms with Crippen molar-refractivity contribution in [3.63, 3.8) is 0 Å². The Bertz CT molecular complexity index is 2010. The summed E-state index contributed by atoms with van der Waals surface area (Å²) >= 11 is 1.81. The Balaban J connectivity index is 1.38. The average molecular weight is 711 g/mol. The summed E-state index contributed by atoms with van der Waals surface area (Å²) in [7, 11) is 3.74. The zero-order valence-corrected chi connectivity index (χ0v) is 27.9. The number of carbonyl (C=O) groups excluding carboxylic acids is 4. The molecule has 0 aliphatic carbocycles. The lowest BCUT2D eigenvalue weighted by atomic mass is 9.83. The monoisotopic (exact) mass is 710 g/mol. The molecular weight excluding hydrogens is 682 g/mol. The number of thiazole rings is 1. The second-order valence-corrected chi connectivity index (χ2v) is 13.6. The van der Waals surface area contributed by atoms with Crippen molar-refractivity contribution in [3.8, 4) is 0 Å². The van der Waals surface area contributed by atoms with Crippen LogP contribution in [0.5, 0.6) is 0 Å². The molecule has 4 aromatic rings. The first-order valence-corrected chi connectivity index (χ1v) is 16.8. The molecule has 1 saturated heterocycles. The Kier molecular flexibility index (Phi) is 9.15. The number of benzene rings is 3. The highest BCUT2D eigenvalue weighted by Gasteiger charge is 2.57. The molecule has 1 N–H and O–H groups in total. The largest absolute Gasteiger partial charge is 0.462 e. The molecule has 2 aliphatic rings. The van der Waals surface area contributed by atoms with Crippen LogP contribution in [0.15, 0.2) is 82.6 Å². The summed E-state index contributed by atoms with van der Waals surface area (Å²) in [6.07, 6.45) is -4.72. The highest BCUT2D eigenvalue weighted by atomic mass is 32.2. The number of imide groups is 1. The first kappa shape index (κ1) is 34.0. The average Bonchev–Trinajstić information content (AvgIpc) is 3.50. The Morgan fingerprint density at radius 1 is 0.939 bits per heavy atom. The summed E-state index contributed by atoms with van der Waals surface area (Å²) in [5.41, 5.74) is 0.557. The van der Waals surface area contributed by atoms with E-state index in [1.165, 1.54) is 36.4 Å². The van der Waals surface area contributed by atoms with E-state index in [1.807, 2.05) is 43.3 Å². The third-order valence-electron chi connectivity index (χ3n) is 8.26. The van der Waals surface area contributed by atoms with Crippen molar-refractivity contribution in [1.29, 1.82) is 0 Å². The number of anilines is 3. The van der Waals surface area contributed by atoms with Gasteiger partial charge in [-0.1, -0.05) is 47.4 Å². The number of ether oxygens (including phenoxy) is 1. The molecule has 6 rings (SSSR count). The van der Waals surface area contributed by atoms with Gasteiger partial charge in [-0.2, -0.15) is 13.2 Å². The van der Waals surface area contributed by atoms with Crippen LogP contribution in [-0.4, -0.2) is 54.2 Å². The van der Waals surface area contributed by atoms with E-state index in [2.05, 4.69) is 5.32 Å². The standard InChI is InChI=1S/C34H29F3N4O6S2/c1-4-47-32(45)19-11-15-21(16-12-19)41-29(43)26-25(18-9-13-20(14-10-18)39(2)3)28-31(48-27(26)30(41)44)40(33(46)49-28)17-24(42)38-23-8-6-5-7-22(23)34(35,36)37/h5-16,25-27H,4,17H2,1-3H3,(H,38,42). The number of alkyl halides is 3. The fourth-order valence-corrected chi connectivity index (χ4v) is 8.76. The fourth-order valence-electron chi connectivity index (χ4n) is 5.98. The lowest BCUT2D eigenvalue weighted by molar-refractivity contribution is -0.137. The summed E-state index contributed by atoms with van der Waals surface area (Å²) in [6.45, 7) is 1.24. The van der Waals surface area contributed by atoms with E-state index in [1.54, 1.807) is 6.92 Å². The number of carbonyl (C=O) groups is 4. The van der Waals surface area contributed by atoms with Crippen molar-refractivity contribution in [3.05, 3.63) is 104 Å². The molecule has 1 fully saturated rings. The van der Waals surface area contributed by atoms with Crippen LogP contribution >= 0.6 is 23.1 Å². The highest BCUT2D eigenvalue weighted by Crippen LogP contribution is 2.54. The molecule has 2 aliphatic heterocycles. The third-order valence-corrected chi connectivity index (χ3v) is 10.9. The van der Waals surface area contributed by atoms with Crippen molar-refractivity contribution in [2.45, 2.75) is 35.8 Å². The maximum Gasteiger partial charge on any atom is 0.418 e. The Morgan fingerprint density at radius 3 is 2.24 bits per heavy atom. The van der Waals surface area contributed by atoms with Gasteiger partial charge in [0, 0.05) is 30.6 Å². The topological polar surface area (TPSA) is 118 Å². The predicted molar refractivity (Wildman–Crippen MR) is 179 cm³/mol. The number of nitrogens with zero attached hydrogens (tertiary/aromatic N) is 3. The molecule has 3 unspecified atom stereocenters. The molecule has 0 bridgehead atoms. The molecule has 1 aromatic heterocycles. The van der Waals surface area contributed by atoms with E-state index in [0.717, 1.165) is 50.4 Å². The van der Waals surface area contributed by atoms with E-state index in [4.69, 9.17) is 4.74 Å². The van der Waals surface area contributed by atoms with Gasteiger partial charge in [-0.05, 0) is 61.0 Å². The van der Waals surface area contributed by atoms with E-state index < -0.39 is 69.6 Å². The van der Waals surface area contributed by atoms with E-state index in [0.29, 0.717) is 10.4 Å². The summed E-state index contributed by atoms with van der Waals surface area (Å²) in [5.74, 6) is -4.12. The molecule has 15 heteroatoms. The molecule has 3 aromatic carbocycles. The number of amides is 3. The molecule has 0 radical (unpaired) electrons. The number of rotatable bonds is 8. The molecular formula is C34H29F3N4O6S2. The first-order chi connectivity index (χ1) is 23.3. The summed E-state index contributed by atoms with van der Waals surface area (Å²) < 4.78 is 46.9. The van der Waals surface area contributed by atoms with Gasteiger partial charge in [-0.3, -0.25) is 23.7 Å². The molecule has 3 atom stereocenters. The van der Waals surface area contributed by atoms with Crippen molar-refractivity contribution in [2.24, 2.45) is 5.92 Å². The number of halogens is 3. The number of thioether (sulfide) groups is 1. The second kappa shape index (κ2) is 13.2. The van der Waals surface area contributed by atoms with Gasteiger partial charge in [0.2, 0.25) is 17.7 Å². The number of fused-ring (bicyclic) bond motifs is 2. The van der Waals surface area contributed by atoms with Crippen LogP contribution in [0, 0.1) is 5.92 Å². The van der Waals surface area contributed by atoms with Crippen LogP contribution in [0.1, 0.15) is 39.2 Å². The Morgan fingerprint density at radius 2 is 1.61 bits per heavy atom. The van der Waals surface area contributed by atoms with E-state index >= 15 is 0 Å². The maximum absolute atomic E-state index is 14.2. The summed E-state index contributed by atoms with van der Waals surface area (Å²) in [5, 5.41) is 1.57. The predicted octanol–water partition coefficient (Wildman–Crippen LogP) is 5.61. The summed E-state index contributed by atoms with van der Waals surface area (Å²) in [4.78, 5) is 69.8. The van der Waals surface area contributed by atoms with Crippen LogP contribution in [-0.2, 0) is 31.8 Å². The Labute approximate surface area is 286 Å². The van der Waals surface area contributed by atoms with Gasteiger partial charge >= 0.3 is 17.0 Å². The van der Waals surface area contributed by atoms with Gasteiger partial charge in [0.15, 0.2) is 0 Å². The fraction of sp³-hybridized carbons (Fsp3) is 0.265. The quantitative estimate of drug-likeness (QED) is 0.186. The van der Waals surface area contributed by atoms with E-state index in [9.17, 15) is 37.1 Å². The minimum absolute atomic E-state index is 0.179. The zero-order valence-electron chi connectivity index (χ0n) is 26.3. The molecule has 10 nitrogen and oxygen atoms in total. The molecule has 0 spiro atoms. The number of nitrogens with one attached hydrogen (secondary N) is 1. The van der Waals surface area contributed by atoms with Crippen LogP contribution in [0.3, 0.4) is 0 Å². The van der Waals surface area contributed by atoms with Gasteiger partial charge in [-0.25, -0.2) is 9.69 Å². The second-order valence-electron chi connectivity index (χ2n) is 11.5. The highest BCUT2D eigenvalue weighted by molar-refractivity contribution is 8.00. The van der Waals surface area contributed by atoms with Crippen LogP contribution < -0.4 is 20.0 Å². The number of esters is 1. The van der Waals surface area contributed by atoms with E-state index in [-0.39, 0.29) is 22.9 Å². The maximum atomic E-state index is 14.2. The molecule has 3 heterocycles. The minimum atomic E-state index is -4.72. The van der Waals surface area contributed by atoms with Gasteiger partial charge < -0.3 is 15.0 Å².